The van der Waals surface area contributed by atoms with Crippen molar-refractivity contribution in [3.63, 3.8) is 0 Å². The molecule has 188 valence electrons. The molecule has 4 N–H and O–H groups in total. The average molecular weight is 483 g/mol. The lowest BCUT2D eigenvalue weighted by Gasteiger charge is -2.60. The molecule has 9 nitrogen and oxygen atoms in total. The Bertz CT molecular complexity index is 1000. The fourth-order valence-electron chi connectivity index (χ4n) is 6.88. The third kappa shape index (κ3) is 5.82. The van der Waals surface area contributed by atoms with Crippen molar-refractivity contribution < 1.29 is 24.6 Å². The van der Waals surface area contributed by atoms with Gasteiger partial charge in [-0.1, -0.05) is 0 Å². The van der Waals surface area contributed by atoms with E-state index in [-0.39, 0.29) is 29.0 Å². The van der Waals surface area contributed by atoms with Crippen LogP contribution in [0.25, 0.3) is 0 Å². The molecule has 1 aliphatic heterocycles. The van der Waals surface area contributed by atoms with Gasteiger partial charge < -0.3 is 25.7 Å². The van der Waals surface area contributed by atoms with Crippen molar-refractivity contribution in [2.45, 2.75) is 75.5 Å². The van der Waals surface area contributed by atoms with E-state index in [0.29, 0.717) is 30.6 Å². The number of carbonyl (C=O) groups is 3. The van der Waals surface area contributed by atoms with Crippen molar-refractivity contribution in [1.29, 1.82) is 5.26 Å². The number of anilines is 1. The number of rotatable bonds is 5. The van der Waals surface area contributed by atoms with Crippen LogP contribution in [0.5, 0.6) is 0 Å². The molecule has 9 heteroatoms. The third-order valence-electron chi connectivity index (χ3n) is 7.82. The highest BCUT2D eigenvalue weighted by atomic mass is 16.4. The van der Waals surface area contributed by atoms with Gasteiger partial charge in [0.1, 0.15) is 6.04 Å². The number of nitrogens with one attached hydrogen (secondary N) is 2. The first-order valence-electron chi connectivity index (χ1n) is 12.4. The van der Waals surface area contributed by atoms with E-state index in [2.05, 4.69) is 16.7 Å². The fourth-order valence-corrected chi connectivity index (χ4v) is 6.88. The summed E-state index contributed by atoms with van der Waals surface area (Å²) in [4.78, 5) is 35.2. The minimum absolute atomic E-state index is 0.0453. The summed E-state index contributed by atoms with van der Waals surface area (Å²) in [6.07, 6.45) is 7.87. The number of hydrogen-bond acceptors (Lipinski definition) is 6. The fraction of sp³-hybridized carbons (Fsp3) is 0.615. The SMILES string of the molecule is CC(=O)Nc1ccc(C(=O)O)cc1.N#C[C@@H]1CCCN1C(=O)CNC12CC3CC(CC(O)(C3)C1)C2. The molecule has 1 aromatic carbocycles. The Kier molecular flexibility index (Phi) is 7.15. The maximum absolute atomic E-state index is 12.4. The molecule has 35 heavy (non-hydrogen) atoms. The highest BCUT2D eigenvalue weighted by Gasteiger charge is 2.57. The summed E-state index contributed by atoms with van der Waals surface area (Å²) in [6.45, 7) is 2.42. The first-order valence-corrected chi connectivity index (χ1v) is 12.4. The van der Waals surface area contributed by atoms with E-state index < -0.39 is 11.6 Å². The monoisotopic (exact) mass is 482 g/mol. The largest absolute Gasteiger partial charge is 0.478 e. The van der Waals surface area contributed by atoms with Gasteiger partial charge >= 0.3 is 5.97 Å². The van der Waals surface area contributed by atoms with Crippen LogP contribution in [0.15, 0.2) is 24.3 Å². The van der Waals surface area contributed by atoms with E-state index in [9.17, 15) is 19.5 Å². The van der Waals surface area contributed by atoms with Gasteiger partial charge in [-0.05, 0) is 87.5 Å². The molecule has 4 aliphatic carbocycles. The van der Waals surface area contributed by atoms with Crippen LogP contribution in [-0.2, 0) is 9.59 Å². The predicted octanol–water partition coefficient (Wildman–Crippen LogP) is 2.52. The Hall–Kier alpha value is -2.96. The standard InChI is InChI=1S/C17H25N3O2.C9H9NO3/c18-9-14-2-1-3-20(14)15(21)10-19-16-5-12-4-13(6-16)8-17(22,7-12)11-16;1-6(11)10-8-4-2-7(3-5-8)9(12)13/h12-14,19,22H,1-8,10-11H2;2-5H,1H3,(H,10,11)(H,12,13)/t12?,13?,14-,16?,17?;/m0./s1. The van der Waals surface area contributed by atoms with Crippen LogP contribution in [0.1, 0.15) is 68.6 Å². The number of amides is 2. The van der Waals surface area contributed by atoms with Crippen LogP contribution in [0, 0.1) is 23.2 Å². The summed E-state index contributed by atoms with van der Waals surface area (Å²) in [5, 5.41) is 34.5. The molecular weight excluding hydrogens is 448 g/mol. The van der Waals surface area contributed by atoms with E-state index in [4.69, 9.17) is 10.4 Å². The van der Waals surface area contributed by atoms with E-state index >= 15 is 0 Å². The van der Waals surface area contributed by atoms with Crippen molar-refractivity contribution in [3.05, 3.63) is 29.8 Å². The third-order valence-corrected chi connectivity index (χ3v) is 7.82. The summed E-state index contributed by atoms with van der Waals surface area (Å²) in [5.74, 6) is 0.129. The number of hydrogen-bond donors (Lipinski definition) is 4. The van der Waals surface area contributed by atoms with E-state index in [1.54, 1.807) is 17.0 Å². The summed E-state index contributed by atoms with van der Waals surface area (Å²) >= 11 is 0. The first-order chi connectivity index (χ1) is 16.6. The van der Waals surface area contributed by atoms with Gasteiger partial charge in [0.25, 0.3) is 0 Å². The zero-order valence-corrected chi connectivity index (χ0v) is 20.1. The first kappa shape index (κ1) is 25.1. The summed E-state index contributed by atoms with van der Waals surface area (Å²) < 4.78 is 0. The van der Waals surface area contributed by atoms with Crippen LogP contribution >= 0.6 is 0 Å². The number of benzene rings is 1. The maximum Gasteiger partial charge on any atom is 0.335 e. The van der Waals surface area contributed by atoms with Gasteiger partial charge in [0.15, 0.2) is 0 Å². The topological polar surface area (TPSA) is 143 Å². The summed E-state index contributed by atoms with van der Waals surface area (Å²) in [6, 6.07) is 7.96. The van der Waals surface area contributed by atoms with Crippen molar-refractivity contribution in [3.8, 4) is 6.07 Å². The molecule has 5 aliphatic rings. The molecule has 6 rings (SSSR count). The Morgan fingerprint density at radius 2 is 1.80 bits per heavy atom. The van der Waals surface area contributed by atoms with Gasteiger partial charge in [-0.3, -0.25) is 9.59 Å². The van der Waals surface area contributed by atoms with Crippen LogP contribution in [0.2, 0.25) is 0 Å². The van der Waals surface area contributed by atoms with Crippen molar-refractivity contribution >= 4 is 23.5 Å². The minimum Gasteiger partial charge on any atom is -0.478 e. The predicted molar refractivity (Wildman–Crippen MR) is 128 cm³/mol. The molecule has 3 atom stereocenters. The second kappa shape index (κ2) is 9.96. The van der Waals surface area contributed by atoms with Crippen molar-refractivity contribution in [2.24, 2.45) is 11.8 Å². The molecule has 1 heterocycles. The van der Waals surface area contributed by atoms with E-state index in [1.807, 2.05) is 0 Å². The quantitative estimate of drug-likeness (QED) is 0.505. The van der Waals surface area contributed by atoms with Gasteiger partial charge in [-0.15, -0.1) is 0 Å². The Labute approximate surface area is 205 Å². The van der Waals surface area contributed by atoms with Crippen LogP contribution in [0.4, 0.5) is 5.69 Å². The van der Waals surface area contributed by atoms with Crippen molar-refractivity contribution in [1.82, 2.24) is 10.2 Å². The van der Waals surface area contributed by atoms with E-state index in [0.717, 1.165) is 44.9 Å². The molecule has 1 saturated heterocycles. The molecule has 0 radical (unpaired) electrons. The van der Waals surface area contributed by atoms with Gasteiger partial charge in [-0.2, -0.15) is 5.26 Å². The Morgan fingerprint density at radius 1 is 1.14 bits per heavy atom. The smallest absolute Gasteiger partial charge is 0.335 e. The molecule has 4 saturated carbocycles. The van der Waals surface area contributed by atoms with Gasteiger partial charge in [0.2, 0.25) is 11.8 Å². The second-order valence-electron chi connectivity index (χ2n) is 10.8. The highest BCUT2D eigenvalue weighted by Crippen LogP contribution is 2.57. The molecule has 4 bridgehead atoms. The molecule has 2 amide bonds. The summed E-state index contributed by atoms with van der Waals surface area (Å²) in [7, 11) is 0. The molecule has 1 aromatic rings. The molecule has 0 aromatic heterocycles. The number of nitrogens with zero attached hydrogens (tertiary/aromatic N) is 2. The normalized spacial score (nSPS) is 32.4. The van der Waals surface area contributed by atoms with Crippen LogP contribution < -0.4 is 10.6 Å². The average Bonchev–Trinajstić information content (AvgIpc) is 3.25. The lowest BCUT2D eigenvalue weighted by molar-refractivity contribution is -0.147. The lowest BCUT2D eigenvalue weighted by atomic mass is 9.51. The molecule has 5 fully saturated rings. The zero-order valence-electron chi connectivity index (χ0n) is 20.1. The van der Waals surface area contributed by atoms with Gasteiger partial charge in [-0.25, -0.2) is 4.79 Å². The van der Waals surface area contributed by atoms with Gasteiger partial charge in [0, 0.05) is 24.7 Å². The van der Waals surface area contributed by atoms with Crippen LogP contribution in [0.3, 0.4) is 0 Å². The number of carboxylic acids is 1. The summed E-state index contributed by atoms with van der Waals surface area (Å²) in [5.41, 5.74) is 0.255. The second-order valence-corrected chi connectivity index (χ2v) is 10.8. The molecule has 0 spiro atoms. The number of aliphatic hydroxyl groups is 1. The number of nitriles is 1. The van der Waals surface area contributed by atoms with Crippen molar-refractivity contribution in [2.75, 3.05) is 18.4 Å². The van der Waals surface area contributed by atoms with Crippen LogP contribution in [-0.4, -0.2) is 63.2 Å². The molecule has 2 unspecified atom stereocenters. The zero-order chi connectivity index (χ0) is 25.2. The highest BCUT2D eigenvalue weighted by molar-refractivity contribution is 5.91. The minimum atomic E-state index is -0.977. The van der Waals surface area contributed by atoms with E-state index in [1.165, 1.54) is 25.5 Å². The lowest BCUT2D eigenvalue weighted by Crippen LogP contribution is -2.65. The Morgan fingerprint density at radius 3 is 2.34 bits per heavy atom. The maximum atomic E-state index is 12.4. The number of likely N-dealkylation sites (tertiary alicyclic amines) is 1. The number of carbonyl (C=O) groups excluding carboxylic acids is 2. The molecular formula is C26H34N4O5. The van der Waals surface area contributed by atoms with Gasteiger partial charge in [0.05, 0.1) is 23.8 Å². The number of aromatic carboxylic acids is 1. The Balaban J connectivity index is 0.000000191. The number of carboxylic acid groups (broad SMARTS) is 1.